The number of hydrogen-bond acceptors (Lipinski definition) is 5. The first kappa shape index (κ1) is 20.0. The summed E-state index contributed by atoms with van der Waals surface area (Å²) in [5.74, 6) is 2.21. The molecule has 1 atom stereocenters. The Bertz CT molecular complexity index is 733. The first-order chi connectivity index (χ1) is 12.5. The van der Waals surface area contributed by atoms with E-state index in [-0.39, 0.29) is 11.2 Å². The standard InChI is InChI=1S/C20H25NO4S/c1-14(26-17-10-11-18(24-4)19(12-17)25-5)20(22)21(2)13-15-6-8-16(23-3)9-7-15/h6-12,14H,13H2,1-5H3/t14-/m0/s1. The average molecular weight is 375 g/mol. The Labute approximate surface area is 159 Å². The van der Waals surface area contributed by atoms with Gasteiger partial charge in [-0.05, 0) is 42.8 Å². The maximum absolute atomic E-state index is 12.7. The summed E-state index contributed by atoms with van der Waals surface area (Å²) >= 11 is 1.50. The lowest BCUT2D eigenvalue weighted by atomic mass is 10.2. The number of hydrogen-bond donors (Lipinski definition) is 0. The van der Waals surface area contributed by atoms with Crippen molar-refractivity contribution in [3.05, 3.63) is 48.0 Å². The lowest BCUT2D eigenvalue weighted by Gasteiger charge is -2.21. The molecule has 0 saturated carbocycles. The molecule has 0 aliphatic rings. The molecule has 2 aromatic rings. The molecule has 0 N–H and O–H groups in total. The molecule has 0 spiro atoms. The fourth-order valence-corrected chi connectivity index (χ4v) is 3.55. The van der Waals surface area contributed by atoms with Gasteiger partial charge in [-0.25, -0.2) is 0 Å². The third kappa shape index (κ3) is 5.08. The van der Waals surface area contributed by atoms with Crippen LogP contribution in [-0.4, -0.2) is 44.4 Å². The van der Waals surface area contributed by atoms with Gasteiger partial charge in [-0.3, -0.25) is 4.79 Å². The van der Waals surface area contributed by atoms with E-state index in [1.807, 2.05) is 56.4 Å². The number of ether oxygens (including phenoxy) is 3. The quantitative estimate of drug-likeness (QED) is 0.656. The number of benzene rings is 2. The predicted octanol–water partition coefficient (Wildman–Crippen LogP) is 3.85. The number of methoxy groups -OCH3 is 3. The fraction of sp³-hybridized carbons (Fsp3) is 0.350. The SMILES string of the molecule is COc1ccc(CN(C)C(=O)[C@H](C)Sc2ccc(OC)c(OC)c2)cc1. The third-order valence-electron chi connectivity index (χ3n) is 3.97. The van der Waals surface area contributed by atoms with Crippen molar-refractivity contribution in [1.82, 2.24) is 4.90 Å². The zero-order valence-corrected chi connectivity index (χ0v) is 16.6. The van der Waals surface area contributed by atoms with Crippen LogP contribution in [0.4, 0.5) is 0 Å². The molecule has 0 unspecified atom stereocenters. The number of carbonyl (C=O) groups is 1. The van der Waals surface area contributed by atoms with E-state index in [4.69, 9.17) is 14.2 Å². The van der Waals surface area contributed by atoms with Crippen molar-refractivity contribution >= 4 is 17.7 Å². The number of nitrogens with zero attached hydrogens (tertiary/aromatic N) is 1. The van der Waals surface area contributed by atoms with Crippen molar-refractivity contribution in [1.29, 1.82) is 0 Å². The summed E-state index contributed by atoms with van der Waals surface area (Å²) in [6.07, 6.45) is 0. The summed E-state index contributed by atoms with van der Waals surface area (Å²) in [6.45, 7) is 2.47. The van der Waals surface area contributed by atoms with Crippen LogP contribution in [0.15, 0.2) is 47.4 Å². The summed E-state index contributed by atoms with van der Waals surface area (Å²) < 4.78 is 15.7. The molecule has 1 amide bonds. The summed E-state index contributed by atoms with van der Waals surface area (Å²) in [5.41, 5.74) is 1.06. The molecule has 2 rings (SSSR count). The predicted molar refractivity (Wildman–Crippen MR) is 104 cm³/mol. The van der Waals surface area contributed by atoms with E-state index in [9.17, 15) is 4.79 Å². The molecular formula is C20H25NO4S. The number of amides is 1. The Morgan fingerprint density at radius 1 is 1.00 bits per heavy atom. The first-order valence-electron chi connectivity index (χ1n) is 8.25. The molecule has 6 heteroatoms. The van der Waals surface area contributed by atoms with Gasteiger partial charge in [0.15, 0.2) is 11.5 Å². The van der Waals surface area contributed by atoms with Crippen molar-refractivity contribution in [3.63, 3.8) is 0 Å². The van der Waals surface area contributed by atoms with Crippen LogP contribution in [0.5, 0.6) is 17.2 Å². The van der Waals surface area contributed by atoms with Gasteiger partial charge in [-0.1, -0.05) is 12.1 Å². The molecule has 0 radical (unpaired) electrons. The minimum absolute atomic E-state index is 0.0700. The average Bonchev–Trinajstić information content (AvgIpc) is 2.67. The molecule has 5 nitrogen and oxygen atoms in total. The van der Waals surface area contributed by atoms with Crippen LogP contribution >= 0.6 is 11.8 Å². The molecule has 0 aliphatic carbocycles. The second-order valence-corrected chi connectivity index (χ2v) is 7.23. The second-order valence-electron chi connectivity index (χ2n) is 5.82. The lowest BCUT2D eigenvalue weighted by molar-refractivity contribution is -0.129. The highest BCUT2D eigenvalue weighted by molar-refractivity contribution is 8.00. The van der Waals surface area contributed by atoms with E-state index in [0.717, 1.165) is 16.2 Å². The Morgan fingerprint density at radius 2 is 1.65 bits per heavy atom. The van der Waals surface area contributed by atoms with E-state index >= 15 is 0 Å². The van der Waals surface area contributed by atoms with Crippen molar-refractivity contribution < 1.29 is 19.0 Å². The van der Waals surface area contributed by atoms with Crippen LogP contribution in [0.3, 0.4) is 0 Å². The highest BCUT2D eigenvalue weighted by Crippen LogP contribution is 2.33. The van der Waals surface area contributed by atoms with Crippen molar-refractivity contribution in [3.8, 4) is 17.2 Å². The Morgan fingerprint density at radius 3 is 2.23 bits per heavy atom. The molecule has 140 valence electrons. The van der Waals surface area contributed by atoms with E-state index in [1.54, 1.807) is 26.2 Å². The van der Waals surface area contributed by atoms with Gasteiger partial charge in [-0.2, -0.15) is 0 Å². The van der Waals surface area contributed by atoms with Gasteiger partial charge >= 0.3 is 0 Å². The maximum atomic E-state index is 12.7. The zero-order valence-electron chi connectivity index (χ0n) is 15.8. The Kier molecular flexibility index (Phi) is 7.21. The van der Waals surface area contributed by atoms with Gasteiger partial charge in [0.05, 0.1) is 26.6 Å². The fourth-order valence-electron chi connectivity index (χ4n) is 2.54. The first-order valence-corrected chi connectivity index (χ1v) is 9.13. The molecule has 0 aromatic heterocycles. The van der Waals surface area contributed by atoms with Crippen LogP contribution in [-0.2, 0) is 11.3 Å². The number of carbonyl (C=O) groups excluding carboxylic acids is 1. The van der Waals surface area contributed by atoms with Gasteiger partial charge < -0.3 is 19.1 Å². The third-order valence-corrected chi connectivity index (χ3v) is 5.05. The van der Waals surface area contributed by atoms with Crippen LogP contribution in [0, 0.1) is 0 Å². The molecule has 26 heavy (non-hydrogen) atoms. The molecule has 0 aliphatic heterocycles. The topological polar surface area (TPSA) is 48.0 Å². The normalized spacial score (nSPS) is 11.6. The van der Waals surface area contributed by atoms with Gasteiger partial charge in [0.1, 0.15) is 5.75 Å². The highest BCUT2D eigenvalue weighted by Gasteiger charge is 2.19. The Hall–Kier alpha value is -2.34. The largest absolute Gasteiger partial charge is 0.497 e. The molecule has 0 saturated heterocycles. The minimum Gasteiger partial charge on any atom is -0.497 e. The maximum Gasteiger partial charge on any atom is 0.235 e. The van der Waals surface area contributed by atoms with Gasteiger partial charge in [0.25, 0.3) is 0 Å². The lowest BCUT2D eigenvalue weighted by Crippen LogP contribution is -2.32. The van der Waals surface area contributed by atoms with Crippen LogP contribution < -0.4 is 14.2 Å². The summed E-state index contributed by atoms with van der Waals surface area (Å²) in [6, 6.07) is 13.4. The van der Waals surface area contributed by atoms with E-state index in [0.29, 0.717) is 18.0 Å². The summed E-state index contributed by atoms with van der Waals surface area (Å²) in [4.78, 5) is 15.4. The van der Waals surface area contributed by atoms with Gasteiger partial charge in [0, 0.05) is 18.5 Å². The monoisotopic (exact) mass is 375 g/mol. The van der Waals surface area contributed by atoms with Gasteiger partial charge in [-0.15, -0.1) is 11.8 Å². The highest BCUT2D eigenvalue weighted by atomic mass is 32.2. The van der Waals surface area contributed by atoms with Crippen LogP contribution in [0.1, 0.15) is 12.5 Å². The number of rotatable bonds is 8. The zero-order chi connectivity index (χ0) is 19.1. The van der Waals surface area contributed by atoms with Crippen LogP contribution in [0.2, 0.25) is 0 Å². The van der Waals surface area contributed by atoms with E-state index in [1.165, 1.54) is 11.8 Å². The number of thioether (sulfide) groups is 1. The molecule has 0 heterocycles. The summed E-state index contributed by atoms with van der Waals surface area (Å²) in [5, 5.41) is -0.212. The van der Waals surface area contributed by atoms with Crippen LogP contribution in [0.25, 0.3) is 0 Å². The minimum atomic E-state index is -0.212. The Balaban J connectivity index is 1.99. The van der Waals surface area contributed by atoms with Crippen molar-refractivity contribution in [2.75, 3.05) is 28.4 Å². The smallest absolute Gasteiger partial charge is 0.235 e. The summed E-state index contributed by atoms with van der Waals surface area (Å²) in [7, 11) is 6.66. The second kappa shape index (κ2) is 9.38. The molecular weight excluding hydrogens is 350 g/mol. The molecule has 2 aromatic carbocycles. The van der Waals surface area contributed by atoms with E-state index in [2.05, 4.69) is 0 Å². The van der Waals surface area contributed by atoms with Crippen molar-refractivity contribution in [2.45, 2.75) is 23.6 Å². The van der Waals surface area contributed by atoms with Gasteiger partial charge in [0.2, 0.25) is 5.91 Å². The molecule has 0 fully saturated rings. The molecule has 0 bridgehead atoms. The van der Waals surface area contributed by atoms with Crippen molar-refractivity contribution in [2.24, 2.45) is 0 Å². The van der Waals surface area contributed by atoms with E-state index < -0.39 is 0 Å².